The summed E-state index contributed by atoms with van der Waals surface area (Å²) in [6.07, 6.45) is -2.59. The Morgan fingerprint density at radius 2 is 1.65 bits per heavy atom. The summed E-state index contributed by atoms with van der Waals surface area (Å²) in [5.74, 6) is 9.26. The number of esters is 1. The van der Waals surface area contributed by atoms with Crippen molar-refractivity contribution < 1.29 is 24.9 Å². The maximum atomic E-state index is 12.6. The number of carbonyl (C=O) groups is 1. The van der Waals surface area contributed by atoms with Crippen LogP contribution in [-0.4, -0.2) is 45.7 Å². The zero-order valence-electron chi connectivity index (χ0n) is 13.7. The molecule has 0 fully saturated rings. The number of hydrogen-bond acceptors (Lipinski definition) is 5. The molecule has 0 heterocycles. The lowest BCUT2D eigenvalue weighted by molar-refractivity contribution is -0.0136. The summed E-state index contributed by atoms with van der Waals surface area (Å²) in [4.78, 5) is 12.6. The van der Waals surface area contributed by atoms with E-state index in [1.807, 2.05) is 30.3 Å². The summed E-state index contributed by atoms with van der Waals surface area (Å²) in [7, 11) is 0. The molecule has 130 valence electrons. The maximum Gasteiger partial charge on any atom is 0.340 e. The molecule has 3 N–H and O–H groups in total. The second-order valence-electron chi connectivity index (χ2n) is 5.67. The molecule has 5 heteroatoms. The minimum absolute atomic E-state index is 0.400. The van der Waals surface area contributed by atoms with Gasteiger partial charge in [0.1, 0.15) is 18.3 Å². The van der Waals surface area contributed by atoms with E-state index in [-0.39, 0.29) is 0 Å². The predicted octanol–water partition coefficient (Wildman–Crippen LogP) is 1.02. The van der Waals surface area contributed by atoms with E-state index in [4.69, 9.17) is 4.74 Å². The van der Waals surface area contributed by atoms with Gasteiger partial charge in [0.15, 0.2) is 6.10 Å². The van der Waals surface area contributed by atoms with E-state index in [0.29, 0.717) is 5.56 Å². The molecule has 1 unspecified atom stereocenters. The summed E-state index contributed by atoms with van der Waals surface area (Å²) in [6.45, 7) is 0. The second kappa shape index (κ2) is 7.86. The highest BCUT2D eigenvalue weighted by Crippen LogP contribution is 2.19. The maximum absolute atomic E-state index is 12.6. The van der Waals surface area contributed by atoms with Crippen molar-refractivity contribution in [3.63, 3.8) is 0 Å². The van der Waals surface area contributed by atoms with Crippen molar-refractivity contribution in [2.45, 2.75) is 24.4 Å². The first-order valence-corrected chi connectivity index (χ1v) is 7.98. The fourth-order valence-corrected chi connectivity index (χ4v) is 2.48. The molecule has 0 saturated heterocycles. The molecule has 2 aromatic rings. The number of ether oxygens (including phenoxy) is 1. The summed E-state index contributed by atoms with van der Waals surface area (Å²) in [6, 6.07) is 12.8. The lowest BCUT2D eigenvalue weighted by atomic mass is 10.0. The molecule has 4 atom stereocenters. The zero-order chi connectivity index (χ0) is 18.5. The third kappa shape index (κ3) is 3.93. The monoisotopic (exact) mass is 348 g/mol. The molecule has 0 aliphatic heterocycles. The number of carbonyl (C=O) groups excluding carboxylic acids is 1. The van der Waals surface area contributed by atoms with E-state index in [0.717, 1.165) is 10.8 Å². The molecule has 1 aliphatic rings. The van der Waals surface area contributed by atoms with Crippen molar-refractivity contribution in [2.75, 3.05) is 0 Å². The Bertz CT molecular complexity index is 965. The number of benzene rings is 2. The van der Waals surface area contributed by atoms with Gasteiger partial charge in [0.2, 0.25) is 0 Å². The molecule has 26 heavy (non-hydrogen) atoms. The Hall–Kier alpha value is -3.09. The Balaban J connectivity index is 1.87. The van der Waals surface area contributed by atoms with E-state index in [9.17, 15) is 20.1 Å². The quantitative estimate of drug-likeness (QED) is 0.557. The van der Waals surface area contributed by atoms with Crippen molar-refractivity contribution in [1.29, 1.82) is 0 Å². The topological polar surface area (TPSA) is 87.0 Å². The first kappa shape index (κ1) is 17.7. The lowest BCUT2D eigenvalue weighted by Crippen LogP contribution is -2.36. The molecule has 2 aromatic carbocycles. The van der Waals surface area contributed by atoms with Crippen LogP contribution in [0.5, 0.6) is 0 Å². The van der Waals surface area contributed by atoms with Crippen molar-refractivity contribution in [2.24, 2.45) is 0 Å². The zero-order valence-corrected chi connectivity index (χ0v) is 13.7. The molecule has 0 spiro atoms. The van der Waals surface area contributed by atoms with Crippen LogP contribution in [0.25, 0.3) is 10.8 Å². The third-order valence-electron chi connectivity index (χ3n) is 3.85. The largest absolute Gasteiger partial charge is 0.441 e. The number of hydrogen-bond donors (Lipinski definition) is 3. The van der Waals surface area contributed by atoms with Crippen LogP contribution in [0, 0.1) is 23.7 Å². The van der Waals surface area contributed by atoms with E-state index in [1.54, 1.807) is 12.1 Å². The molecular formula is C21H16O5. The fourth-order valence-electron chi connectivity index (χ4n) is 2.48. The number of aliphatic hydroxyl groups is 3. The second-order valence-corrected chi connectivity index (χ2v) is 5.67. The van der Waals surface area contributed by atoms with Crippen LogP contribution < -0.4 is 0 Å². The predicted molar refractivity (Wildman–Crippen MR) is 95.9 cm³/mol. The molecule has 0 aromatic heterocycles. The average Bonchev–Trinajstić information content (AvgIpc) is 2.66. The molecule has 5 nitrogen and oxygen atoms in total. The van der Waals surface area contributed by atoms with Crippen molar-refractivity contribution in [3.8, 4) is 23.7 Å². The van der Waals surface area contributed by atoms with Crippen LogP contribution in [0.15, 0.2) is 54.6 Å². The third-order valence-corrected chi connectivity index (χ3v) is 3.85. The Morgan fingerprint density at radius 3 is 2.50 bits per heavy atom. The summed E-state index contributed by atoms with van der Waals surface area (Å²) in [5.41, 5.74) is 0.400. The molecule has 3 rings (SSSR count). The Kier molecular flexibility index (Phi) is 5.36. The first-order chi connectivity index (χ1) is 12.6. The van der Waals surface area contributed by atoms with Gasteiger partial charge < -0.3 is 20.1 Å². The van der Waals surface area contributed by atoms with Crippen LogP contribution in [0.3, 0.4) is 0 Å². The lowest BCUT2D eigenvalue weighted by Gasteiger charge is -2.16. The summed E-state index contributed by atoms with van der Waals surface area (Å²) in [5, 5.41) is 30.7. The molecule has 0 radical (unpaired) electrons. The van der Waals surface area contributed by atoms with Crippen molar-refractivity contribution in [1.82, 2.24) is 0 Å². The van der Waals surface area contributed by atoms with Gasteiger partial charge in [-0.05, 0) is 29.0 Å². The average molecular weight is 348 g/mol. The van der Waals surface area contributed by atoms with E-state index in [2.05, 4.69) is 23.7 Å². The number of aliphatic hydroxyl groups excluding tert-OH is 3. The van der Waals surface area contributed by atoms with Gasteiger partial charge in [-0.25, -0.2) is 4.79 Å². The number of rotatable bonds is 2. The minimum Gasteiger partial charge on any atom is -0.441 e. The van der Waals surface area contributed by atoms with Crippen LogP contribution >= 0.6 is 0 Å². The molecular weight excluding hydrogens is 332 g/mol. The van der Waals surface area contributed by atoms with Crippen molar-refractivity contribution in [3.05, 3.63) is 60.2 Å². The van der Waals surface area contributed by atoms with Crippen LogP contribution in [0.1, 0.15) is 10.4 Å². The molecule has 0 amide bonds. The smallest absolute Gasteiger partial charge is 0.340 e. The van der Waals surface area contributed by atoms with Gasteiger partial charge in [-0.2, -0.15) is 0 Å². The highest BCUT2D eigenvalue weighted by molar-refractivity contribution is 6.04. The van der Waals surface area contributed by atoms with Crippen LogP contribution in [0.2, 0.25) is 0 Å². The van der Waals surface area contributed by atoms with Gasteiger partial charge in [-0.3, -0.25) is 0 Å². The highest BCUT2D eigenvalue weighted by Gasteiger charge is 2.22. The van der Waals surface area contributed by atoms with E-state index >= 15 is 0 Å². The van der Waals surface area contributed by atoms with Gasteiger partial charge in [0, 0.05) is 0 Å². The fraction of sp³-hybridized carbons (Fsp3) is 0.190. The van der Waals surface area contributed by atoms with Gasteiger partial charge in [-0.1, -0.05) is 60.1 Å². The van der Waals surface area contributed by atoms with Crippen molar-refractivity contribution >= 4 is 16.7 Å². The van der Waals surface area contributed by atoms with E-state index in [1.165, 1.54) is 12.2 Å². The van der Waals surface area contributed by atoms with Crippen LogP contribution in [0.4, 0.5) is 0 Å². The van der Waals surface area contributed by atoms with Crippen LogP contribution in [-0.2, 0) is 4.74 Å². The molecule has 1 aliphatic carbocycles. The normalized spacial score (nSPS) is 26.0. The van der Waals surface area contributed by atoms with Gasteiger partial charge in [0.25, 0.3) is 0 Å². The summed E-state index contributed by atoms with van der Waals surface area (Å²) < 4.78 is 5.41. The number of allylic oxidation sites excluding steroid dienone is 1. The Labute approximate surface area is 150 Å². The highest BCUT2D eigenvalue weighted by atomic mass is 16.5. The Morgan fingerprint density at radius 1 is 0.923 bits per heavy atom. The first-order valence-electron chi connectivity index (χ1n) is 7.98. The standard InChI is InChI=1S/C21H16O5/c22-18-11-4-2-8-15(12-13-19(23)20(18)24)26-21(25)17-10-5-7-14-6-1-3-9-16(14)17/h1-3,5-10,15,18-20,22-24H/b8-2+/t15?,18-,19+,20+/m0/s1. The van der Waals surface area contributed by atoms with Gasteiger partial charge in [-0.15, -0.1) is 0 Å². The molecule has 0 bridgehead atoms. The van der Waals surface area contributed by atoms with Gasteiger partial charge in [0.05, 0.1) is 5.56 Å². The van der Waals surface area contributed by atoms with Gasteiger partial charge >= 0.3 is 5.97 Å². The number of fused-ring (bicyclic) bond motifs is 1. The van der Waals surface area contributed by atoms with E-state index < -0.39 is 30.4 Å². The summed E-state index contributed by atoms with van der Waals surface area (Å²) >= 11 is 0. The SMILES string of the molecule is O=C(OC1C#C[C@@H](O)[C@H](O)[C@@H](O)C#C/C=C/1)c1cccc2ccccc12. The molecule has 0 saturated carbocycles. The minimum atomic E-state index is -1.53.